The van der Waals surface area contributed by atoms with Crippen molar-refractivity contribution in [3.63, 3.8) is 0 Å². The van der Waals surface area contributed by atoms with E-state index in [1.807, 2.05) is 6.92 Å². The molecule has 160 valence electrons. The monoisotopic (exact) mass is 410 g/mol. The SMILES string of the molecule is CCOc1ccc(NC(=O)C(=O)NCCc2ccc(N3CCN(C)CC3)cc2)cc1. The fraction of sp³-hybridized carbons (Fsp3) is 0.391. The molecule has 30 heavy (non-hydrogen) atoms. The molecule has 0 aromatic heterocycles. The number of benzene rings is 2. The van der Waals surface area contributed by atoms with Crippen LogP contribution in [-0.2, 0) is 16.0 Å². The van der Waals surface area contributed by atoms with Gasteiger partial charge in [0.05, 0.1) is 6.61 Å². The van der Waals surface area contributed by atoms with Gasteiger partial charge in [-0.15, -0.1) is 0 Å². The van der Waals surface area contributed by atoms with E-state index in [0.29, 0.717) is 25.3 Å². The fourth-order valence-electron chi connectivity index (χ4n) is 3.33. The van der Waals surface area contributed by atoms with Crippen LogP contribution >= 0.6 is 0 Å². The maximum atomic E-state index is 12.0. The summed E-state index contributed by atoms with van der Waals surface area (Å²) in [6.45, 7) is 7.11. The number of carbonyl (C=O) groups is 2. The molecule has 1 heterocycles. The number of nitrogens with one attached hydrogen (secondary N) is 2. The highest BCUT2D eigenvalue weighted by Crippen LogP contribution is 2.17. The normalized spacial score (nSPS) is 14.3. The third-order valence-corrected chi connectivity index (χ3v) is 5.13. The first-order valence-corrected chi connectivity index (χ1v) is 10.4. The van der Waals surface area contributed by atoms with Gasteiger partial charge in [-0.2, -0.15) is 0 Å². The highest BCUT2D eigenvalue weighted by Gasteiger charge is 2.15. The Morgan fingerprint density at radius 2 is 1.60 bits per heavy atom. The molecule has 1 fully saturated rings. The van der Waals surface area contributed by atoms with Gasteiger partial charge in [-0.1, -0.05) is 12.1 Å². The van der Waals surface area contributed by atoms with E-state index in [2.05, 4.69) is 51.7 Å². The molecule has 0 unspecified atom stereocenters. The smallest absolute Gasteiger partial charge is 0.313 e. The topological polar surface area (TPSA) is 73.9 Å². The summed E-state index contributed by atoms with van der Waals surface area (Å²) < 4.78 is 5.36. The second kappa shape index (κ2) is 10.6. The third-order valence-electron chi connectivity index (χ3n) is 5.13. The minimum atomic E-state index is -0.676. The molecule has 2 aromatic carbocycles. The number of amides is 2. The summed E-state index contributed by atoms with van der Waals surface area (Å²) in [5.74, 6) is -0.596. The first-order valence-electron chi connectivity index (χ1n) is 10.4. The van der Waals surface area contributed by atoms with Crippen LogP contribution in [0.3, 0.4) is 0 Å². The Bertz CT molecular complexity index is 829. The number of likely N-dealkylation sites (N-methyl/N-ethyl adjacent to an activating group) is 1. The number of rotatable bonds is 7. The van der Waals surface area contributed by atoms with E-state index in [4.69, 9.17) is 4.74 Å². The largest absolute Gasteiger partial charge is 0.494 e. The Morgan fingerprint density at radius 1 is 0.933 bits per heavy atom. The molecular weight excluding hydrogens is 380 g/mol. The molecule has 7 nitrogen and oxygen atoms in total. The van der Waals surface area contributed by atoms with Crippen LogP contribution in [0.2, 0.25) is 0 Å². The van der Waals surface area contributed by atoms with E-state index in [1.165, 1.54) is 5.69 Å². The van der Waals surface area contributed by atoms with E-state index in [1.54, 1.807) is 24.3 Å². The highest BCUT2D eigenvalue weighted by molar-refractivity contribution is 6.39. The summed E-state index contributed by atoms with van der Waals surface area (Å²) in [4.78, 5) is 28.8. The molecule has 0 radical (unpaired) electrons. The van der Waals surface area contributed by atoms with Gasteiger partial charge in [0.15, 0.2) is 0 Å². The summed E-state index contributed by atoms with van der Waals surface area (Å²) in [6.07, 6.45) is 0.672. The van der Waals surface area contributed by atoms with Crippen LogP contribution in [0.25, 0.3) is 0 Å². The molecule has 7 heteroatoms. The first kappa shape index (κ1) is 21.6. The second-order valence-corrected chi connectivity index (χ2v) is 7.37. The van der Waals surface area contributed by atoms with Gasteiger partial charge in [-0.05, 0) is 62.4 Å². The quantitative estimate of drug-likeness (QED) is 0.684. The third kappa shape index (κ3) is 6.22. The predicted octanol–water partition coefficient (Wildman–Crippen LogP) is 2.13. The van der Waals surface area contributed by atoms with E-state index >= 15 is 0 Å². The Kier molecular flexibility index (Phi) is 7.68. The minimum absolute atomic E-state index is 0.406. The van der Waals surface area contributed by atoms with Gasteiger partial charge in [0.1, 0.15) is 5.75 Å². The maximum absolute atomic E-state index is 12.0. The molecule has 2 aromatic rings. The zero-order valence-corrected chi connectivity index (χ0v) is 17.7. The van der Waals surface area contributed by atoms with Gasteiger partial charge in [0.25, 0.3) is 0 Å². The van der Waals surface area contributed by atoms with Crippen LogP contribution in [0.15, 0.2) is 48.5 Å². The van der Waals surface area contributed by atoms with Crippen molar-refractivity contribution < 1.29 is 14.3 Å². The van der Waals surface area contributed by atoms with E-state index < -0.39 is 11.8 Å². The van der Waals surface area contributed by atoms with E-state index in [-0.39, 0.29) is 0 Å². The molecule has 0 aliphatic carbocycles. The molecule has 0 atom stereocenters. The maximum Gasteiger partial charge on any atom is 0.313 e. The summed E-state index contributed by atoms with van der Waals surface area (Å²) >= 11 is 0. The van der Waals surface area contributed by atoms with Gasteiger partial charge >= 0.3 is 11.8 Å². The lowest BCUT2D eigenvalue weighted by Crippen LogP contribution is -2.44. The number of nitrogens with zero attached hydrogens (tertiary/aromatic N) is 2. The fourth-order valence-corrected chi connectivity index (χ4v) is 3.33. The minimum Gasteiger partial charge on any atom is -0.494 e. The second-order valence-electron chi connectivity index (χ2n) is 7.37. The lowest BCUT2D eigenvalue weighted by Gasteiger charge is -2.34. The van der Waals surface area contributed by atoms with Crippen molar-refractivity contribution in [1.82, 2.24) is 10.2 Å². The van der Waals surface area contributed by atoms with Crippen LogP contribution in [0.4, 0.5) is 11.4 Å². The molecule has 2 N–H and O–H groups in total. The average Bonchev–Trinajstić information content (AvgIpc) is 2.76. The van der Waals surface area contributed by atoms with Gasteiger partial charge < -0.3 is 25.2 Å². The lowest BCUT2D eigenvalue weighted by molar-refractivity contribution is -0.136. The van der Waals surface area contributed by atoms with Gasteiger partial charge in [-0.25, -0.2) is 0 Å². The number of piperazine rings is 1. The summed E-state index contributed by atoms with van der Waals surface area (Å²) in [5, 5.41) is 5.27. The van der Waals surface area contributed by atoms with Crippen molar-refractivity contribution in [3.8, 4) is 5.75 Å². The van der Waals surface area contributed by atoms with Crippen molar-refractivity contribution in [2.45, 2.75) is 13.3 Å². The van der Waals surface area contributed by atoms with Gasteiger partial charge in [0.2, 0.25) is 0 Å². The Balaban J connectivity index is 1.40. The van der Waals surface area contributed by atoms with Crippen LogP contribution < -0.4 is 20.3 Å². The molecule has 1 aliphatic rings. The molecule has 0 spiro atoms. The highest BCUT2D eigenvalue weighted by atomic mass is 16.5. The Labute approximate surface area is 178 Å². The molecule has 1 saturated heterocycles. The lowest BCUT2D eigenvalue weighted by atomic mass is 10.1. The van der Waals surface area contributed by atoms with Gasteiger partial charge in [-0.3, -0.25) is 9.59 Å². The molecule has 0 bridgehead atoms. The van der Waals surface area contributed by atoms with E-state index in [0.717, 1.165) is 37.5 Å². The summed E-state index contributed by atoms with van der Waals surface area (Å²) in [6, 6.07) is 15.3. The van der Waals surface area contributed by atoms with Crippen LogP contribution in [0.5, 0.6) is 5.75 Å². The summed E-state index contributed by atoms with van der Waals surface area (Å²) in [7, 11) is 2.15. The van der Waals surface area contributed by atoms with Crippen molar-refractivity contribution >= 4 is 23.2 Å². The van der Waals surface area contributed by atoms with E-state index in [9.17, 15) is 9.59 Å². The van der Waals surface area contributed by atoms with Crippen LogP contribution in [0.1, 0.15) is 12.5 Å². The average molecular weight is 411 g/mol. The Morgan fingerprint density at radius 3 is 2.23 bits per heavy atom. The number of carbonyl (C=O) groups excluding carboxylic acids is 2. The summed E-state index contributed by atoms with van der Waals surface area (Å²) in [5.41, 5.74) is 2.91. The molecule has 1 aliphatic heterocycles. The standard InChI is InChI=1S/C23H30N4O3/c1-3-30-21-10-6-19(7-11-21)25-23(29)22(28)24-13-12-18-4-8-20(9-5-18)27-16-14-26(2)15-17-27/h4-11H,3,12-17H2,1-2H3,(H,24,28)(H,25,29). The molecular formula is C23H30N4O3. The zero-order valence-electron chi connectivity index (χ0n) is 17.7. The van der Waals surface area contributed by atoms with Crippen LogP contribution in [0, 0.1) is 0 Å². The van der Waals surface area contributed by atoms with Crippen LogP contribution in [-0.4, -0.2) is 63.1 Å². The van der Waals surface area contributed by atoms with Crippen molar-refractivity contribution in [2.75, 3.05) is 56.6 Å². The number of hydrogen-bond acceptors (Lipinski definition) is 5. The molecule has 3 rings (SSSR count). The zero-order chi connectivity index (χ0) is 21.3. The molecule has 2 amide bonds. The Hall–Kier alpha value is -3.06. The molecule has 0 saturated carbocycles. The predicted molar refractivity (Wildman–Crippen MR) is 119 cm³/mol. The number of ether oxygens (including phenoxy) is 1. The van der Waals surface area contributed by atoms with Crippen molar-refractivity contribution in [3.05, 3.63) is 54.1 Å². The van der Waals surface area contributed by atoms with Gasteiger partial charge in [0, 0.05) is 44.1 Å². The van der Waals surface area contributed by atoms with Crippen molar-refractivity contribution in [1.29, 1.82) is 0 Å². The first-order chi connectivity index (χ1) is 14.5. The van der Waals surface area contributed by atoms with Crippen molar-refractivity contribution in [2.24, 2.45) is 0 Å². The number of hydrogen-bond donors (Lipinski definition) is 2. The number of anilines is 2.